The van der Waals surface area contributed by atoms with Crippen LogP contribution in [0.3, 0.4) is 0 Å². The van der Waals surface area contributed by atoms with E-state index in [1.807, 2.05) is 0 Å². The van der Waals surface area contributed by atoms with Gasteiger partial charge < -0.3 is 14.6 Å². The van der Waals surface area contributed by atoms with Gasteiger partial charge in [-0.3, -0.25) is 0 Å². The highest BCUT2D eigenvalue weighted by molar-refractivity contribution is 7.89. The van der Waals surface area contributed by atoms with Crippen molar-refractivity contribution in [3.63, 3.8) is 0 Å². The molecule has 2 rings (SSSR count). The first kappa shape index (κ1) is 15.5. The van der Waals surface area contributed by atoms with Crippen LogP contribution in [0.25, 0.3) is 0 Å². The van der Waals surface area contributed by atoms with E-state index in [2.05, 4.69) is 4.72 Å². The fourth-order valence-electron chi connectivity index (χ4n) is 2.60. The highest BCUT2D eigenvalue weighted by Crippen LogP contribution is 2.35. The Hall–Kier alpha value is -0.890. The summed E-state index contributed by atoms with van der Waals surface area (Å²) < 4.78 is 31.7. The minimum absolute atomic E-state index is 0.0183. The van der Waals surface area contributed by atoms with E-state index in [9.17, 15) is 13.5 Å². The van der Waals surface area contributed by atoms with E-state index >= 15 is 0 Å². The van der Waals surface area contributed by atoms with Gasteiger partial charge in [-0.2, -0.15) is 0 Å². The largest absolute Gasteiger partial charge is 0.446 e. The second-order valence-corrected chi connectivity index (χ2v) is 7.12. The predicted molar refractivity (Wildman–Crippen MR) is 72.4 cm³/mol. The van der Waals surface area contributed by atoms with Crippen molar-refractivity contribution in [1.29, 1.82) is 0 Å². The Balaban J connectivity index is 2.04. The Morgan fingerprint density at radius 3 is 2.45 bits per heavy atom. The molecule has 0 spiro atoms. The molecule has 1 aromatic rings. The zero-order chi connectivity index (χ0) is 14.6. The van der Waals surface area contributed by atoms with Crippen molar-refractivity contribution in [2.24, 2.45) is 5.41 Å². The maximum absolute atomic E-state index is 12.1. The summed E-state index contributed by atoms with van der Waals surface area (Å²) in [5.74, 6) is 0.208. The minimum Gasteiger partial charge on any atom is -0.446 e. The van der Waals surface area contributed by atoms with Crippen molar-refractivity contribution in [2.45, 2.75) is 43.8 Å². The summed E-state index contributed by atoms with van der Waals surface area (Å²) in [5.41, 5.74) is -0.363. The lowest BCUT2D eigenvalue weighted by Crippen LogP contribution is -2.41. The molecule has 114 valence electrons. The molecule has 7 heteroatoms. The summed E-state index contributed by atoms with van der Waals surface area (Å²) in [5, 5.41) is 18.2. The first-order valence-corrected chi connectivity index (χ1v) is 8.30. The van der Waals surface area contributed by atoms with E-state index in [0.29, 0.717) is 0 Å². The van der Waals surface area contributed by atoms with E-state index in [-0.39, 0.29) is 36.0 Å². The van der Waals surface area contributed by atoms with Crippen molar-refractivity contribution in [2.75, 3.05) is 13.2 Å². The summed E-state index contributed by atoms with van der Waals surface area (Å²) in [4.78, 5) is 0. The molecule has 6 nitrogen and oxygen atoms in total. The second-order valence-electron chi connectivity index (χ2n) is 5.42. The van der Waals surface area contributed by atoms with Crippen molar-refractivity contribution >= 4 is 10.0 Å². The monoisotopic (exact) mass is 303 g/mol. The number of aliphatic hydroxyl groups is 2. The third-order valence-corrected chi connectivity index (χ3v) is 5.22. The molecule has 0 aromatic carbocycles. The average Bonchev–Trinajstić information content (AvgIpc) is 2.96. The number of aliphatic hydroxyl groups excluding tert-OH is 2. The molecule has 1 saturated carbocycles. The summed E-state index contributed by atoms with van der Waals surface area (Å²) in [6, 6.07) is 2.75. The van der Waals surface area contributed by atoms with Crippen LogP contribution < -0.4 is 4.72 Å². The summed E-state index contributed by atoms with van der Waals surface area (Å²) in [6.07, 6.45) is 4.81. The lowest BCUT2D eigenvalue weighted by Gasteiger charge is -2.35. The van der Waals surface area contributed by atoms with Gasteiger partial charge in [-0.25, -0.2) is 13.1 Å². The molecule has 1 aliphatic carbocycles. The molecule has 1 aliphatic rings. The van der Waals surface area contributed by atoms with E-state index in [0.717, 1.165) is 32.1 Å². The summed E-state index contributed by atoms with van der Waals surface area (Å²) >= 11 is 0. The topological polar surface area (TPSA) is 99.8 Å². The van der Waals surface area contributed by atoms with E-state index in [4.69, 9.17) is 9.52 Å². The second kappa shape index (κ2) is 6.26. The molecule has 1 aromatic heterocycles. The number of nitrogens with one attached hydrogen (secondary N) is 1. The van der Waals surface area contributed by atoms with Crippen LogP contribution in [-0.4, -0.2) is 31.8 Å². The maximum Gasteiger partial charge on any atom is 0.273 e. The maximum atomic E-state index is 12.1. The Labute approximate surface area is 118 Å². The first-order chi connectivity index (χ1) is 9.51. The molecule has 0 unspecified atom stereocenters. The number of sulfonamides is 1. The smallest absolute Gasteiger partial charge is 0.273 e. The molecule has 0 atom stereocenters. The Morgan fingerprint density at radius 2 is 1.90 bits per heavy atom. The normalized spacial score (nSPS) is 19.1. The zero-order valence-corrected chi connectivity index (χ0v) is 12.2. The third kappa shape index (κ3) is 3.41. The Kier molecular flexibility index (Phi) is 4.85. The van der Waals surface area contributed by atoms with Crippen LogP contribution in [0.2, 0.25) is 0 Å². The van der Waals surface area contributed by atoms with Gasteiger partial charge in [0.25, 0.3) is 10.0 Å². The van der Waals surface area contributed by atoms with Crippen LogP contribution in [0.4, 0.5) is 0 Å². The fraction of sp³-hybridized carbons (Fsp3) is 0.692. The lowest BCUT2D eigenvalue weighted by atomic mass is 9.75. The van der Waals surface area contributed by atoms with Gasteiger partial charge in [-0.15, -0.1) is 0 Å². The predicted octanol–water partition coefficient (Wildman–Crippen LogP) is 0.993. The van der Waals surface area contributed by atoms with Gasteiger partial charge in [-0.05, 0) is 25.0 Å². The third-order valence-electron chi connectivity index (χ3n) is 3.94. The molecule has 0 amide bonds. The number of hydrogen-bond acceptors (Lipinski definition) is 5. The van der Waals surface area contributed by atoms with Crippen molar-refractivity contribution in [3.8, 4) is 0 Å². The minimum atomic E-state index is -3.74. The molecule has 0 aliphatic heterocycles. The van der Waals surface area contributed by atoms with Gasteiger partial charge in [-0.1, -0.05) is 19.3 Å². The average molecular weight is 303 g/mol. The molecule has 1 heterocycles. The van der Waals surface area contributed by atoms with Gasteiger partial charge in [0.2, 0.25) is 5.09 Å². The molecule has 20 heavy (non-hydrogen) atoms. The zero-order valence-electron chi connectivity index (χ0n) is 11.3. The van der Waals surface area contributed by atoms with E-state index in [1.165, 1.54) is 12.1 Å². The Bertz CT molecular complexity index is 531. The van der Waals surface area contributed by atoms with Crippen molar-refractivity contribution in [3.05, 3.63) is 17.9 Å². The van der Waals surface area contributed by atoms with Gasteiger partial charge in [0.1, 0.15) is 12.4 Å². The highest BCUT2D eigenvalue weighted by atomic mass is 32.2. The van der Waals surface area contributed by atoms with Crippen LogP contribution in [0.1, 0.15) is 37.9 Å². The lowest BCUT2D eigenvalue weighted by molar-refractivity contribution is 0.0866. The number of furan rings is 1. The highest BCUT2D eigenvalue weighted by Gasteiger charge is 2.33. The molecule has 0 saturated heterocycles. The number of rotatable bonds is 6. The first-order valence-electron chi connectivity index (χ1n) is 6.81. The fourth-order valence-corrected chi connectivity index (χ4v) is 3.70. The van der Waals surface area contributed by atoms with Gasteiger partial charge in [0.15, 0.2) is 0 Å². The SMILES string of the molecule is O=S(=O)(NCC1(CO)CCCCC1)c1ccc(CO)o1. The standard InChI is InChI=1S/C13H21NO5S/c15-8-11-4-5-12(19-11)20(17,18)14-9-13(10-16)6-2-1-3-7-13/h4-5,14-16H,1-3,6-10H2. The van der Waals surface area contributed by atoms with Gasteiger partial charge in [0, 0.05) is 18.6 Å². The van der Waals surface area contributed by atoms with E-state index < -0.39 is 10.0 Å². The summed E-state index contributed by atoms with van der Waals surface area (Å²) in [7, 11) is -3.74. The Morgan fingerprint density at radius 1 is 1.20 bits per heavy atom. The quantitative estimate of drug-likeness (QED) is 0.728. The van der Waals surface area contributed by atoms with Crippen LogP contribution in [0.15, 0.2) is 21.6 Å². The van der Waals surface area contributed by atoms with Crippen LogP contribution in [0.5, 0.6) is 0 Å². The molecule has 1 fully saturated rings. The van der Waals surface area contributed by atoms with Crippen LogP contribution >= 0.6 is 0 Å². The molecular weight excluding hydrogens is 282 g/mol. The van der Waals surface area contributed by atoms with Gasteiger partial charge in [0.05, 0.1) is 0 Å². The van der Waals surface area contributed by atoms with Gasteiger partial charge >= 0.3 is 0 Å². The van der Waals surface area contributed by atoms with Crippen LogP contribution in [0, 0.1) is 5.41 Å². The van der Waals surface area contributed by atoms with Crippen molar-refractivity contribution in [1.82, 2.24) is 4.72 Å². The number of hydrogen-bond donors (Lipinski definition) is 3. The van der Waals surface area contributed by atoms with E-state index in [1.54, 1.807) is 0 Å². The molecule has 0 bridgehead atoms. The molecule has 0 radical (unpaired) electrons. The van der Waals surface area contributed by atoms with Crippen molar-refractivity contribution < 1.29 is 23.0 Å². The molecule has 3 N–H and O–H groups in total. The summed E-state index contributed by atoms with van der Waals surface area (Å²) in [6.45, 7) is -0.146. The molecular formula is C13H21NO5S. The van der Waals surface area contributed by atoms with Crippen LogP contribution in [-0.2, 0) is 16.6 Å².